The van der Waals surface area contributed by atoms with Crippen LogP contribution in [0, 0.1) is 11.6 Å². The summed E-state index contributed by atoms with van der Waals surface area (Å²) >= 11 is 0. The van der Waals surface area contributed by atoms with E-state index in [9.17, 15) is 13.6 Å². The molecule has 0 radical (unpaired) electrons. The molecule has 8 nitrogen and oxygen atoms in total. The molecule has 3 heterocycles. The Balaban J connectivity index is 1.73. The highest BCUT2D eigenvalue weighted by atomic mass is 19.1. The number of benzene rings is 1. The first kappa shape index (κ1) is 20.6. The van der Waals surface area contributed by atoms with Crippen molar-refractivity contribution in [3.8, 4) is 11.1 Å². The van der Waals surface area contributed by atoms with Gasteiger partial charge in [0, 0.05) is 18.7 Å². The minimum absolute atomic E-state index is 0.0308. The van der Waals surface area contributed by atoms with Gasteiger partial charge in [0.05, 0.1) is 49.7 Å². The highest BCUT2D eigenvalue weighted by Gasteiger charge is 2.23. The number of hydrogen-bond acceptors (Lipinski definition) is 8. The van der Waals surface area contributed by atoms with Crippen molar-refractivity contribution in [2.45, 2.75) is 0 Å². The number of aromatic nitrogens is 3. The zero-order valence-electron chi connectivity index (χ0n) is 16.6. The van der Waals surface area contributed by atoms with Crippen LogP contribution in [0.15, 0.2) is 42.7 Å². The number of anilines is 3. The van der Waals surface area contributed by atoms with Crippen molar-refractivity contribution in [3.63, 3.8) is 0 Å². The monoisotopic (exact) mass is 427 g/mol. The molecule has 0 atom stereocenters. The summed E-state index contributed by atoms with van der Waals surface area (Å²) in [5, 5.41) is 10.5. The summed E-state index contributed by atoms with van der Waals surface area (Å²) in [6, 6.07) is 7.06. The molecular weight excluding hydrogens is 408 g/mol. The van der Waals surface area contributed by atoms with Gasteiger partial charge in [0.15, 0.2) is 5.69 Å². The van der Waals surface area contributed by atoms with Crippen LogP contribution in [0.3, 0.4) is 0 Å². The van der Waals surface area contributed by atoms with Gasteiger partial charge < -0.3 is 19.7 Å². The molecule has 4 rings (SSSR count). The number of carbonyl (C=O) groups is 1. The number of carbonyl (C=O) groups excluding carboxylic acids is 1. The van der Waals surface area contributed by atoms with Gasteiger partial charge in [-0.25, -0.2) is 18.6 Å². The first-order valence-corrected chi connectivity index (χ1v) is 9.52. The number of hydrogen-bond donors (Lipinski definition) is 1. The topological polar surface area (TPSA) is 89.5 Å². The molecule has 0 unspecified atom stereocenters. The van der Waals surface area contributed by atoms with E-state index in [-0.39, 0.29) is 22.5 Å². The minimum atomic E-state index is -0.800. The molecular formula is C21H19F2N5O3. The molecule has 10 heteroatoms. The van der Waals surface area contributed by atoms with Crippen LogP contribution in [0.5, 0.6) is 0 Å². The number of nitrogens with zero attached hydrogens (tertiary/aromatic N) is 4. The van der Waals surface area contributed by atoms with Crippen LogP contribution in [-0.4, -0.2) is 54.6 Å². The van der Waals surface area contributed by atoms with Crippen molar-refractivity contribution in [1.29, 1.82) is 0 Å². The second kappa shape index (κ2) is 9.00. The van der Waals surface area contributed by atoms with E-state index in [0.717, 1.165) is 31.0 Å². The van der Waals surface area contributed by atoms with E-state index in [1.165, 1.54) is 19.4 Å². The molecule has 2 aromatic heterocycles. The Bertz CT molecular complexity index is 1070. The van der Waals surface area contributed by atoms with Gasteiger partial charge in [-0.1, -0.05) is 6.07 Å². The third kappa shape index (κ3) is 4.29. The average Bonchev–Trinajstić information content (AvgIpc) is 2.80. The van der Waals surface area contributed by atoms with Crippen LogP contribution < -0.4 is 10.2 Å². The number of ether oxygens (including phenoxy) is 2. The summed E-state index contributed by atoms with van der Waals surface area (Å²) in [6.07, 6.45) is 2.75. The summed E-state index contributed by atoms with van der Waals surface area (Å²) in [5.41, 5.74) is 0.0473. The second-order valence-corrected chi connectivity index (χ2v) is 6.70. The Hall–Kier alpha value is -3.66. The summed E-state index contributed by atoms with van der Waals surface area (Å²) in [6.45, 7) is 2.73. The van der Waals surface area contributed by atoms with Crippen molar-refractivity contribution >= 4 is 23.2 Å². The summed E-state index contributed by atoms with van der Waals surface area (Å²) < 4.78 is 39.0. The van der Waals surface area contributed by atoms with Crippen molar-refractivity contribution in [2.75, 3.05) is 43.6 Å². The fourth-order valence-corrected chi connectivity index (χ4v) is 3.28. The predicted octanol–water partition coefficient (Wildman–Crippen LogP) is 3.18. The lowest BCUT2D eigenvalue weighted by atomic mass is 10.0. The van der Waals surface area contributed by atoms with Crippen LogP contribution in [0.25, 0.3) is 11.1 Å². The molecule has 0 bridgehead atoms. The first-order valence-electron chi connectivity index (χ1n) is 9.52. The lowest BCUT2D eigenvalue weighted by Crippen LogP contribution is -2.36. The highest BCUT2D eigenvalue weighted by Crippen LogP contribution is 2.35. The molecule has 0 spiro atoms. The summed E-state index contributed by atoms with van der Waals surface area (Å²) in [4.78, 5) is 18.8. The van der Waals surface area contributed by atoms with Gasteiger partial charge >= 0.3 is 5.97 Å². The molecule has 1 aromatic carbocycles. The van der Waals surface area contributed by atoms with E-state index in [1.54, 1.807) is 12.3 Å². The molecule has 1 N–H and O–H groups in total. The van der Waals surface area contributed by atoms with E-state index in [1.807, 2.05) is 6.07 Å². The molecule has 1 fully saturated rings. The largest absolute Gasteiger partial charge is 0.464 e. The fourth-order valence-electron chi connectivity index (χ4n) is 3.28. The number of nitrogens with one attached hydrogen (secondary N) is 1. The number of pyridine rings is 1. The lowest BCUT2D eigenvalue weighted by molar-refractivity contribution is 0.0594. The maximum Gasteiger partial charge on any atom is 0.360 e. The molecule has 3 aromatic rings. The van der Waals surface area contributed by atoms with E-state index in [4.69, 9.17) is 9.47 Å². The summed E-state index contributed by atoms with van der Waals surface area (Å²) in [5.74, 6) is -1.62. The Labute approximate surface area is 176 Å². The van der Waals surface area contributed by atoms with E-state index in [2.05, 4.69) is 25.4 Å². The smallest absolute Gasteiger partial charge is 0.360 e. The first-order chi connectivity index (χ1) is 15.1. The third-order valence-electron chi connectivity index (χ3n) is 4.81. The zero-order valence-corrected chi connectivity index (χ0v) is 16.6. The lowest BCUT2D eigenvalue weighted by Gasteiger charge is -2.27. The van der Waals surface area contributed by atoms with Crippen molar-refractivity contribution in [2.24, 2.45) is 0 Å². The Morgan fingerprint density at radius 3 is 2.52 bits per heavy atom. The molecule has 0 saturated carbocycles. The maximum absolute atomic E-state index is 14.5. The molecule has 1 aliphatic rings. The standard InChI is InChI=1S/C21H19F2N5O3/c1-30-21(29)20-19(14(12-25-27-20)18-15(22)3-2-4-16(18)23)26-13-5-6-17(24-11-13)28-7-9-31-10-8-28/h2-6,11-12H,7-10H2,1H3,(H,25,26). The normalized spacial score (nSPS) is 13.7. The Morgan fingerprint density at radius 2 is 1.87 bits per heavy atom. The van der Waals surface area contributed by atoms with Gasteiger partial charge in [-0.2, -0.15) is 5.10 Å². The number of halogens is 2. The predicted molar refractivity (Wildman–Crippen MR) is 109 cm³/mol. The van der Waals surface area contributed by atoms with Crippen LogP contribution in [-0.2, 0) is 9.47 Å². The van der Waals surface area contributed by atoms with E-state index in [0.29, 0.717) is 18.9 Å². The van der Waals surface area contributed by atoms with Gasteiger partial charge in [-0.15, -0.1) is 5.10 Å². The summed E-state index contributed by atoms with van der Waals surface area (Å²) in [7, 11) is 1.18. The molecule has 31 heavy (non-hydrogen) atoms. The van der Waals surface area contributed by atoms with Crippen molar-refractivity contribution in [3.05, 3.63) is 60.1 Å². The van der Waals surface area contributed by atoms with E-state index >= 15 is 0 Å². The Morgan fingerprint density at radius 1 is 1.13 bits per heavy atom. The third-order valence-corrected chi connectivity index (χ3v) is 4.81. The van der Waals surface area contributed by atoms with Crippen LogP contribution >= 0.6 is 0 Å². The van der Waals surface area contributed by atoms with Crippen molar-refractivity contribution < 1.29 is 23.0 Å². The zero-order chi connectivity index (χ0) is 21.8. The molecule has 1 aliphatic heterocycles. The SMILES string of the molecule is COC(=O)c1nncc(-c2c(F)cccc2F)c1Nc1ccc(N2CCOCC2)nc1. The van der Waals surface area contributed by atoms with Crippen LogP contribution in [0.2, 0.25) is 0 Å². The van der Waals surface area contributed by atoms with Gasteiger partial charge in [-0.3, -0.25) is 0 Å². The van der Waals surface area contributed by atoms with Gasteiger partial charge in [-0.05, 0) is 24.3 Å². The van der Waals surface area contributed by atoms with Crippen LogP contribution in [0.4, 0.5) is 26.0 Å². The molecule has 0 aliphatic carbocycles. The van der Waals surface area contributed by atoms with E-state index < -0.39 is 17.6 Å². The second-order valence-electron chi connectivity index (χ2n) is 6.70. The van der Waals surface area contributed by atoms with Gasteiger partial charge in [0.2, 0.25) is 0 Å². The number of esters is 1. The highest BCUT2D eigenvalue weighted by molar-refractivity contribution is 5.99. The maximum atomic E-state index is 14.5. The minimum Gasteiger partial charge on any atom is -0.464 e. The fraction of sp³-hybridized carbons (Fsp3) is 0.238. The number of morpholine rings is 1. The number of methoxy groups -OCH3 is 1. The average molecular weight is 427 g/mol. The number of rotatable bonds is 5. The van der Waals surface area contributed by atoms with Gasteiger partial charge in [0.1, 0.15) is 17.5 Å². The molecule has 1 saturated heterocycles. The molecule has 0 amide bonds. The van der Waals surface area contributed by atoms with Crippen molar-refractivity contribution in [1.82, 2.24) is 15.2 Å². The molecule has 160 valence electrons. The quantitative estimate of drug-likeness (QED) is 0.621. The van der Waals surface area contributed by atoms with Gasteiger partial charge in [0.25, 0.3) is 0 Å². The Kier molecular flexibility index (Phi) is 5.99. The van der Waals surface area contributed by atoms with Crippen LogP contribution in [0.1, 0.15) is 10.5 Å².